The van der Waals surface area contributed by atoms with Crippen molar-refractivity contribution in [3.63, 3.8) is 0 Å². The van der Waals surface area contributed by atoms with Gasteiger partial charge in [-0.15, -0.1) is 0 Å². The van der Waals surface area contributed by atoms with E-state index in [1.807, 2.05) is 19.9 Å². The number of amides is 1. The van der Waals surface area contributed by atoms with E-state index in [-0.39, 0.29) is 24.1 Å². The van der Waals surface area contributed by atoms with Crippen LogP contribution < -0.4 is 5.32 Å². The molecule has 118 valence electrons. The molecule has 0 aliphatic carbocycles. The summed E-state index contributed by atoms with van der Waals surface area (Å²) in [7, 11) is 1.40. The number of rotatable bonds is 1. The van der Waals surface area contributed by atoms with E-state index < -0.39 is 0 Å². The van der Waals surface area contributed by atoms with E-state index in [1.54, 1.807) is 11.0 Å². The van der Waals surface area contributed by atoms with E-state index in [0.717, 1.165) is 23.2 Å². The van der Waals surface area contributed by atoms with Gasteiger partial charge in [-0.05, 0) is 31.0 Å². The van der Waals surface area contributed by atoms with Gasteiger partial charge in [-0.3, -0.25) is 4.90 Å². The average molecular weight is 304 g/mol. The molecule has 0 unspecified atom stereocenters. The highest BCUT2D eigenvalue weighted by atomic mass is 16.5. The van der Waals surface area contributed by atoms with Gasteiger partial charge in [0.1, 0.15) is 6.61 Å². The van der Waals surface area contributed by atoms with Crippen molar-refractivity contribution in [2.24, 2.45) is 0 Å². The van der Waals surface area contributed by atoms with Crippen LogP contribution in [0.2, 0.25) is 0 Å². The van der Waals surface area contributed by atoms with Crippen molar-refractivity contribution in [3.05, 3.63) is 34.4 Å². The number of fused-ring (bicyclic) bond motifs is 1. The van der Waals surface area contributed by atoms with E-state index in [9.17, 15) is 9.59 Å². The topological polar surface area (TPSA) is 67.9 Å². The summed E-state index contributed by atoms with van der Waals surface area (Å²) in [6, 6.07) is 3.64. The van der Waals surface area contributed by atoms with Crippen molar-refractivity contribution in [3.8, 4) is 0 Å². The molecule has 2 aliphatic heterocycles. The fourth-order valence-corrected chi connectivity index (χ4v) is 3.33. The number of hydrogen-bond donors (Lipinski definition) is 1. The Hall–Kier alpha value is -2.08. The Morgan fingerprint density at radius 1 is 1.41 bits per heavy atom. The number of nitrogens with zero attached hydrogens (tertiary/aromatic N) is 1. The van der Waals surface area contributed by atoms with Crippen LogP contribution in [0.1, 0.15) is 40.0 Å². The number of carbonyl (C=O) groups is 2. The Kier molecular flexibility index (Phi) is 3.78. The molecule has 22 heavy (non-hydrogen) atoms. The van der Waals surface area contributed by atoms with Crippen LogP contribution in [0.3, 0.4) is 0 Å². The quantitative estimate of drug-likeness (QED) is 0.801. The number of hydrogen-bond acceptors (Lipinski definition) is 5. The van der Waals surface area contributed by atoms with Gasteiger partial charge in [-0.1, -0.05) is 6.07 Å². The van der Waals surface area contributed by atoms with Crippen molar-refractivity contribution in [1.82, 2.24) is 10.2 Å². The van der Waals surface area contributed by atoms with Crippen LogP contribution in [0.4, 0.5) is 4.79 Å². The number of benzene rings is 1. The Labute approximate surface area is 129 Å². The summed E-state index contributed by atoms with van der Waals surface area (Å²) in [5, 5.41) is 3.35. The van der Waals surface area contributed by atoms with E-state index in [4.69, 9.17) is 9.47 Å². The first-order valence-corrected chi connectivity index (χ1v) is 7.41. The van der Waals surface area contributed by atoms with Gasteiger partial charge < -0.3 is 14.8 Å². The molecule has 1 aromatic rings. The van der Waals surface area contributed by atoms with Crippen LogP contribution >= 0.6 is 0 Å². The maximum absolute atomic E-state index is 12.2. The van der Waals surface area contributed by atoms with Gasteiger partial charge in [-0.2, -0.15) is 0 Å². The normalized spacial score (nSPS) is 24.0. The molecule has 2 heterocycles. The first kappa shape index (κ1) is 14.8. The number of piperazine rings is 1. The van der Waals surface area contributed by atoms with E-state index in [1.165, 1.54) is 7.11 Å². The van der Waals surface area contributed by atoms with Crippen molar-refractivity contribution in [2.45, 2.75) is 32.5 Å². The van der Waals surface area contributed by atoms with Crippen molar-refractivity contribution in [2.75, 3.05) is 20.2 Å². The van der Waals surface area contributed by atoms with Gasteiger partial charge in [0.15, 0.2) is 0 Å². The maximum atomic E-state index is 12.2. The molecule has 1 saturated heterocycles. The number of methoxy groups -OCH3 is 1. The van der Waals surface area contributed by atoms with Crippen molar-refractivity contribution >= 4 is 12.1 Å². The largest absolute Gasteiger partial charge is 0.457 e. The standard InChI is InChI=1S/C16H20N2O4/c1-9-6-17-7-14(18(9)16(20)21-3)11-4-5-12-13(10(11)2)8-22-15(12)19/h4-5,9,14,17H,6-8H2,1-3H3/t9-,14-/m0/s1. The Morgan fingerprint density at radius 3 is 2.91 bits per heavy atom. The lowest BCUT2D eigenvalue weighted by Crippen LogP contribution is -2.54. The summed E-state index contributed by atoms with van der Waals surface area (Å²) in [5.41, 5.74) is 3.59. The van der Waals surface area contributed by atoms with Crippen LogP contribution in [0.15, 0.2) is 12.1 Å². The third-order valence-corrected chi connectivity index (χ3v) is 4.54. The maximum Gasteiger partial charge on any atom is 0.410 e. The zero-order valence-corrected chi connectivity index (χ0v) is 13.0. The van der Waals surface area contributed by atoms with Crippen molar-refractivity contribution in [1.29, 1.82) is 0 Å². The lowest BCUT2D eigenvalue weighted by atomic mass is 9.92. The molecule has 0 saturated carbocycles. The summed E-state index contributed by atoms with van der Waals surface area (Å²) in [5.74, 6) is -0.274. The third-order valence-electron chi connectivity index (χ3n) is 4.54. The van der Waals surface area contributed by atoms with Crippen LogP contribution in [-0.2, 0) is 16.1 Å². The Morgan fingerprint density at radius 2 is 2.18 bits per heavy atom. The average Bonchev–Trinajstić information content (AvgIpc) is 2.89. The first-order chi connectivity index (χ1) is 10.5. The highest BCUT2D eigenvalue weighted by Crippen LogP contribution is 2.33. The second kappa shape index (κ2) is 5.61. The molecule has 6 nitrogen and oxygen atoms in total. The second-order valence-corrected chi connectivity index (χ2v) is 5.78. The molecule has 1 amide bonds. The molecule has 2 aliphatic rings. The number of carbonyl (C=O) groups excluding carboxylic acids is 2. The van der Waals surface area contributed by atoms with Gasteiger partial charge in [0.25, 0.3) is 0 Å². The number of ether oxygens (including phenoxy) is 2. The monoisotopic (exact) mass is 304 g/mol. The van der Waals surface area contributed by atoms with E-state index in [0.29, 0.717) is 18.7 Å². The summed E-state index contributed by atoms with van der Waals surface area (Å²) >= 11 is 0. The highest BCUT2D eigenvalue weighted by molar-refractivity contribution is 5.94. The zero-order chi connectivity index (χ0) is 15.9. The lowest BCUT2D eigenvalue weighted by Gasteiger charge is -2.40. The fourth-order valence-electron chi connectivity index (χ4n) is 3.33. The van der Waals surface area contributed by atoms with Crippen LogP contribution in [0.25, 0.3) is 0 Å². The molecule has 3 rings (SSSR count). The molecular formula is C16H20N2O4. The summed E-state index contributed by atoms with van der Waals surface area (Å²) in [4.78, 5) is 25.6. The molecule has 1 N–H and O–H groups in total. The zero-order valence-electron chi connectivity index (χ0n) is 13.0. The minimum atomic E-state index is -0.328. The molecular weight excluding hydrogens is 284 g/mol. The predicted molar refractivity (Wildman–Crippen MR) is 79.6 cm³/mol. The predicted octanol–water partition coefficient (Wildman–Crippen LogP) is 1.77. The van der Waals surface area contributed by atoms with Crippen LogP contribution in [-0.4, -0.2) is 43.2 Å². The molecule has 2 atom stereocenters. The SMILES string of the molecule is COC(=O)N1[C@@H](C)CNC[C@H]1c1ccc2c(c1C)COC2=O. The van der Waals surface area contributed by atoms with Gasteiger partial charge >= 0.3 is 12.1 Å². The molecule has 0 bridgehead atoms. The number of nitrogens with one attached hydrogen (secondary N) is 1. The van der Waals surface area contributed by atoms with Gasteiger partial charge in [0, 0.05) is 24.7 Å². The minimum Gasteiger partial charge on any atom is -0.457 e. The Balaban J connectivity index is 2.02. The van der Waals surface area contributed by atoms with Gasteiger partial charge in [0.05, 0.1) is 18.7 Å². The van der Waals surface area contributed by atoms with Crippen LogP contribution in [0, 0.1) is 6.92 Å². The summed E-state index contributed by atoms with van der Waals surface area (Å²) < 4.78 is 10.0. The minimum absolute atomic E-state index is 0.0386. The summed E-state index contributed by atoms with van der Waals surface area (Å²) in [6.07, 6.45) is -0.328. The fraction of sp³-hybridized carbons (Fsp3) is 0.500. The van der Waals surface area contributed by atoms with Crippen molar-refractivity contribution < 1.29 is 19.1 Å². The molecule has 0 aromatic heterocycles. The third kappa shape index (κ3) is 2.23. The number of cyclic esters (lactones) is 1. The van der Waals surface area contributed by atoms with Gasteiger partial charge in [-0.25, -0.2) is 9.59 Å². The van der Waals surface area contributed by atoms with Crippen LogP contribution in [0.5, 0.6) is 0 Å². The number of esters is 1. The lowest BCUT2D eigenvalue weighted by molar-refractivity contribution is 0.0535. The first-order valence-electron chi connectivity index (χ1n) is 7.41. The van der Waals surface area contributed by atoms with E-state index >= 15 is 0 Å². The molecule has 0 spiro atoms. The highest BCUT2D eigenvalue weighted by Gasteiger charge is 2.35. The Bertz CT molecular complexity index is 629. The molecule has 1 fully saturated rings. The molecule has 1 aromatic carbocycles. The van der Waals surface area contributed by atoms with Gasteiger partial charge in [0.2, 0.25) is 0 Å². The summed E-state index contributed by atoms with van der Waals surface area (Å²) in [6.45, 7) is 5.67. The smallest absolute Gasteiger partial charge is 0.410 e. The van der Waals surface area contributed by atoms with E-state index in [2.05, 4.69) is 5.32 Å². The molecule has 0 radical (unpaired) electrons. The molecule has 6 heteroatoms. The second-order valence-electron chi connectivity index (χ2n) is 5.78.